The minimum absolute atomic E-state index is 0.0476. The molecule has 2 heterocycles. The normalized spacial score (nSPS) is 20.2. The number of ether oxygens (including phenoxy) is 1. The summed E-state index contributed by atoms with van der Waals surface area (Å²) >= 11 is 0. The minimum atomic E-state index is -0.197. The number of rotatable bonds is 4. The lowest BCUT2D eigenvalue weighted by Gasteiger charge is -2.32. The van der Waals surface area contributed by atoms with E-state index in [1.165, 1.54) is 6.20 Å². The molecule has 1 aromatic rings. The third-order valence-electron chi connectivity index (χ3n) is 3.18. The SMILES string of the molecule is CCN1CCOC(CNC(=O)c2ccc(N)cn2)C1. The molecule has 6 nitrogen and oxygen atoms in total. The summed E-state index contributed by atoms with van der Waals surface area (Å²) in [6.45, 7) is 6.16. The lowest BCUT2D eigenvalue weighted by atomic mass is 10.2. The number of nitrogens with one attached hydrogen (secondary N) is 1. The Bertz CT molecular complexity index is 421. The predicted molar refractivity (Wildman–Crippen MR) is 72.8 cm³/mol. The first-order valence-corrected chi connectivity index (χ1v) is 6.52. The standard InChI is InChI=1S/C13H20N4O2/c1-2-17-5-6-19-11(9-17)8-16-13(18)12-4-3-10(14)7-15-12/h3-4,7,11H,2,5-6,8-9,14H2,1H3,(H,16,18). The Morgan fingerprint density at radius 2 is 2.47 bits per heavy atom. The highest BCUT2D eigenvalue weighted by molar-refractivity contribution is 5.92. The Morgan fingerprint density at radius 1 is 1.63 bits per heavy atom. The van der Waals surface area contributed by atoms with Crippen molar-refractivity contribution in [2.24, 2.45) is 0 Å². The molecule has 0 radical (unpaired) electrons. The Hall–Kier alpha value is -1.66. The average Bonchev–Trinajstić information content (AvgIpc) is 2.46. The number of nitrogen functional groups attached to an aromatic ring is 1. The molecule has 104 valence electrons. The molecule has 1 aromatic heterocycles. The monoisotopic (exact) mass is 264 g/mol. The lowest BCUT2D eigenvalue weighted by molar-refractivity contribution is -0.0246. The van der Waals surface area contributed by atoms with Gasteiger partial charge in [0.1, 0.15) is 5.69 Å². The van der Waals surface area contributed by atoms with E-state index in [1.807, 2.05) is 0 Å². The molecule has 0 bridgehead atoms. The summed E-state index contributed by atoms with van der Waals surface area (Å²) in [7, 11) is 0. The maximum Gasteiger partial charge on any atom is 0.269 e. The fourth-order valence-electron chi connectivity index (χ4n) is 2.03. The number of carbonyl (C=O) groups excluding carboxylic acids is 1. The molecule has 6 heteroatoms. The van der Waals surface area contributed by atoms with Crippen molar-refractivity contribution >= 4 is 11.6 Å². The van der Waals surface area contributed by atoms with Crippen LogP contribution >= 0.6 is 0 Å². The van der Waals surface area contributed by atoms with E-state index in [-0.39, 0.29) is 12.0 Å². The van der Waals surface area contributed by atoms with Crippen molar-refractivity contribution < 1.29 is 9.53 Å². The van der Waals surface area contributed by atoms with Gasteiger partial charge < -0.3 is 15.8 Å². The van der Waals surface area contributed by atoms with E-state index in [9.17, 15) is 4.79 Å². The van der Waals surface area contributed by atoms with Gasteiger partial charge in [-0.1, -0.05) is 6.92 Å². The fraction of sp³-hybridized carbons (Fsp3) is 0.538. The van der Waals surface area contributed by atoms with Crippen LogP contribution in [0.4, 0.5) is 5.69 Å². The first-order valence-electron chi connectivity index (χ1n) is 6.52. The summed E-state index contributed by atoms with van der Waals surface area (Å²) in [6, 6.07) is 3.28. The predicted octanol–water partition coefficient (Wildman–Crippen LogP) is 0.114. The number of hydrogen-bond donors (Lipinski definition) is 2. The molecule has 1 saturated heterocycles. The van der Waals surface area contributed by atoms with Crippen LogP contribution in [0.5, 0.6) is 0 Å². The van der Waals surface area contributed by atoms with Gasteiger partial charge in [0.05, 0.1) is 24.6 Å². The zero-order valence-electron chi connectivity index (χ0n) is 11.1. The number of likely N-dealkylation sites (N-methyl/N-ethyl adjacent to an activating group) is 1. The zero-order chi connectivity index (χ0) is 13.7. The van der Waals surface area contributed by atoms with E-state index in [2.05, 4.69) is 22.1 Å². The summed E-state index contributed by atoms with van der Waals surface area (Å²) in [5.74, 6) is -0.197. The fourth-order valence-corrected chi connectivity index (χ4v) is 2.03. The maximum absolute atomic E-state index is 11.9. The van der Waals surface area contributed by atoms with Gasteiger partial charge in [-0.05, 0) is 18.7 Å². The molecule has 1 aliphatic heterocycles. The number of aromatic nitrogens is 1. The van der Waals surface area contributed by atoms with Gasteiger partial charge >= 0.3 is 0 Å². The summed E-state index contributed by atoms with van der Waals surface area (Å²) in [6.07, 6.45) is 1.52. The zero-order valence-corrected chi connectivity index (χ0v) is 11.1. The summed E-state index contributed by atoms with van der Waals surface area (Å²) < 4.78 is 5.62. The van der Waals surface area contributed by atoms with Crippen molar-refractivity contribution in [2.45, 2.75) is 13.0 Å². The quantitative estimate of drug-likeness (QED) is 0.807. The van der Waals surface area contributed by atoms with Crippen LogP contribution in [0, 0.1) is 0 Å². The average molecular weight is 264 g/mol. The highest BCUT2D eigenvalue weighted by Gasteiger charge is 2.20. The van der Waals surface area contributed by atoms with Gasteiger partial charge in [0.2, 0.25) is 0 Å². The molecule has 1 amide bonds. The van der Waals surface area contributed by atoms with Crippen LogP contribution in [0.2, 0.25) is 0 Å². The highest BCUT2D eigenvalue weighted by Crippen LogP contribution is 2.05. The summed E-state index contributed by atoms with van der Waals surface area (Å²) in [4.78, 5) is 18.2. The molecule has 3 N–H and O–H groups in total. The van der Waals surface area contributed by atoms with Crippen molar-refractivity contribution in [1.82, 2.24) is 15.2 Å². The maximum atomic E-state index is 11.9. The van der Waals surface area contributed by atoms with E-state index in [0.29, 0.717) is 24.5 Å². The molecule has 1 aliphatic rings. The largest absolute Gasteiger partial charge is 0.397 e. The topological polar surface area (TPSA) is 80.5 Å². The van der Waals surface area contributed by atoms with Gasteiger partial charge in [0, 0.05) is 19.6 Å². The molecule has 0 saturated carbocycles. The smallest absolute Gasteiger partial charge is 0.269 e. The van der Waals surface area contributed by atoms with Crippen molar-refractivity contribution in [3.05, 3.63) is 24.0 Å². The third-order valence-corrected chi connectivity index (χ3v) is 3.18. The van der Waals surface area contributed by atoms with Crippen LogP contribution in [-0.4, -0.2) is 54.7 Å². The van der Waals surface area contributed by atoms with Crippen LogP contribution in [0.3, 0.4) is 0 Å². The van der Waals surface area contributed by atoms with E-state index in [1.54, 1.807) is 12.1 Å². The van der Waals surface area contributed by atoms with Gasteiger partial charge in [0.25, 0.3) is 5.91 Å². The number of morpholine rings is 1. The van der Waals surface area contributed by atoms with E-state index in [0.717, 1.165) is 19.6 Å². The van der Waals surface area contributed by atoms with E-state index >= 15 is 0 Å². The highest BCUT2D eigenvalue weighted by atomic mass is 16.5. The molecule has 1 unspecified atom stereocenters. The van der Waals surface area contributed by atoms with Crippen molar-refractivity contribution in [1.29, 1.82) is 0 Å². The van der Waals surface area contributed by atoms with Crippen LogP contribution < -0.4 is 11.1 Å². The molecule has 19 heavy (non-hydrogen) atoms. The Labute approximate surface area is 112 Å². The first-order chi connectivity index (χ1) is 9.19. The van der Waals surface area contributed by atoms with Gasteiger partial charge in [-0.15, -0.1) is 0 Å². The third kappa shape index (κ3) is 3.90. The molecular formula is C13H20N4O2. The van der Waals surface area contributed by atoms with Crippen molar-refractivity contribution in [3.63, 3.8) is 0 Å². The molecule has 0 spiro atoms. The molecule has 1 fully saturated rings. The molecule has 0 aromatic carbocycles. The lowest BCUT2D eigenvalue weighted by Crippen LogP contribution is -2.47. The number of nitrogens with zero attached hydrogens (tertiary/aromatic N) is 2. The molecular weight excluding hydrogens is 244 g/mol. The van der Waals surface area contributed by atoms with Gasteiger partial charge in [-0.25, -0.2) is 4.98 Å². The van der Waals surface area contributed by atoms with Crippen LogP contribution in [0.25, 0.3) is 0 Å². The van der Waals surface area contributed by atoms with Crippen molar-refractivity contribution in [2.75, 3.05) is 38.5 Å². The Morgan fingerprint density at radius 3 is 3.16 bits per heavy atom. The molecule has 0 aliphatic carbocycles. The second-order valence-electron chi connectivity index (χ2n) is 4.57. The van der Waals surface area contributed by atoms with Crippen LogP contribution in [0.15, 0.2) is 18.3 Å². The molecule has 1 atom stereocenters. The van der Waals surface area contributed by atoms with Crippen LogP contribution in [-0.2, 0) is 4.74 Å². The number of nitrogens with two attached hydrogens (primary N) is 1. The Kier molecular flexibility index (Phi) is 4.70. The number of pyridine rings is 1. The number of anilines is 1. The number of hydrogen-bond acceptors (Lipinski definition) is 5. The van der Waals surface area contributed by atoms with Crippen molar-refractivity contribution in [3.8, 4) is 0 Å². The molecule has 2 rings (SSSR count). The van der Waals surface area contributed by atoms with Crippen LogP contribution in [0.1, 0.15) is 17.4 Å². The summed E-state index contributed by atoms with van der Waals surface area (Å²) in [5.41, 5.74) is 6.45. The number of amides is 1. The Balaban J connectivity index is 1.81. The van der Waals surface area contributed by atoms with Gasteiger partial charge in [-0.2, -0.15) is 0 Å². The number of carbonyl (C=O) groups is 1. The first kappa shape index (κ1) is 13.8. The summed E-state index contributed by atoms with van der Waals surface area (Å²) in [5, 5.41) is 2.84. The second-order valence-corrected chi connectivity index (χ2v) is 4.57. The second kappa shape index (κ2) is 6.49. The van der Waals surface area contributed by atoms with E-state index in [4.69, 9.17) is 10.5 Å². The van der Waals surface area contributed by atoms with Gasteiger partial charge in [0.15, 0.2) is 0 Å². The van der Waals surface area contributed by atoms with Gasteiger partial charge in [-0.3, -0.25) is 9.69 Å². The minimum Gasteiger partial charge on any atom is -0.397 e. The van der Waals surface area contributed by atoms with E-state index < -0.39 is 0 Å².